The average Bonchev–Trinajstić information content (AvgIpc) is 3.02. The van der Waals surface area contributed by atoms with Crippen molar-refractivity contribution in [1.29, 1.82) is 0 Å². The van der Waals surface area contributed by atoms with Crippen molar-refractivity contribution >= 4 is 33.9 Å². The van der Waals surface area contributed by atoms with Gasteiger partial charge in [0.1, 0.15) is 5.82 Å². The first-order valence-electron chi connectivity index (χ1n) is 6.85. The number of pyridine rings is 1. The summed E-state index contributed by atoms with van der Waals surface area (Å²) >= 11 is 1.64. The number of nitrogens with one attached hydrogen (secondary N) is 1. The molecule has 0 saturated carbocycles. The summed E-state index contributed by atoms with van der Waals surface area (Å²) in [5, 5.41) is 3.93. The van der Waals surface area contributed by atoms with Crippen molar-refractivity contribution < 1.29 is 9.53 Å². The number of fused-ring (bicyclic) bond motifs is 1. The molecule has 0 bridgehead atoms. The molecule has 0 fully saturated rings. The maximum atomic E-state index is 11.8. The summed E-state index contributed by atoms with van der Waals surface area (Å²) < 4.78 is 4.98. The second kappa shape index (κ2) is 5.69. The number of anilines is 3. The highest BCUT2D eigenvalue weighted by Crippen LogP contribution is 2.32. The number of hydrogen-bond donors (Lipinski definition) is 2. The zero-order valence-electron chi connectivity index (χ0n) is 11.7. The summed E-state index contributed by atoms with van der Waals surface area (Å²) in [7, 11) is 0. The molecule has 1 aliphatic rings. The van der Waals surface area contributed by atoms with Crippen molar-refractivity contribution in [2.45, 2.75) is 26.2 Å². The van der Waals surface area contributed by atoms with E-state index in [4.69, 9.17) is 10.5 Å². The van der Waals surface area contributed by atoms with E-state index in [1.807, 2.05) is 0 Å². The van der Waals surface area contributed by atoms with Gasteiger partial charge in [0.2, 0.25) is 0 Å². The molecule has 2 aromatic heterocycles. The monoisotopic (exact) mass is 304 g/mol. The first-order valence-corrected chi connectivity index (χ1v) is 7.67. The Morgan fingerprint density at radius 2 is 2.38 bits per heavy atom. The molecule has 2 heterocycles. The van der Waals surface area contributed by atoms with Gasteiger partial charge in [0, 0.05) is 4.88 Å². The van der Waals surface area contributed by atoms with Gasteiger partial charge in [-0.3, -0.25) is 0 Å². The van der Waals surface area contributed by atoms with E-state index in [-0.39, 0.29) is 0 Å². The number of aromatic nitrogens is 2. The molecule has 2 aromatic rings. The molecule has 0 radical (unpaired) electrons. The van der Waals surface area contributed by atoms with E-state index in [1.165, 1.54) is 23.2 Å². The molecule has 3 rings (SSSR count). The first kappa shape index (κ1) is 13.8. The van der Waals surface area contributed by atoms with Crippen LogP contribution in [0.2, 0.25) is 0 Å². The highest BCUT2D eigenvalue weighted by atomic mass is 32.1. The average molecular weight is 304 g/mol. The smallest absolute Gasteiger partial charge is 0.340 e. The number of thiazole rings is 1. The van der Waals surface area contributed by atoms with Crippen LogP contribution in [0.25, 0.3) is 0 Å². The lowest BCUT2D eigenvalue weighted by atomic mass is 10.2. The lowest BCUT2D eigenvalue weighted by Gasteiger charge is -2.07. The summed E-state index contributed by atoms with van der Waals surface area (Å²) in [6.07, 6.45) is 4.77. The SMILES string of the molecule is CCOC(=O)c1cc(Nc2nc3c(s2)CCC3)ncc1N. The van der Waals surface area contributed by atoms with Crippen LogP contribution >= 0.6 is 11.3 Å². The number of carbonyl (C=O) groups excluding carboxylic acids is 1. The van der Waals surface area contributed by atoms with Crippen LogP contribution in [0.3, 0.4) is 0 Å². The van der Waals surface area contributed by atoms with Crippen LogP contribution in [0.1, 0.15) is 34.3 Å². The van der Waals surface area contributed by atoms with Crippen molar-refractivity contribution in [3.63, 3.8) is 0 Å². The summed E-state index contributed by atoms with van der Waals surface area (Å²) in [6.45, 7) is 2.06. The Balaban J connectivity index is 1.81. The molecule has 3 N–H and O–H groups in total. The molecule has 0 saturated heterocycles. The van der Waals surface area contributed by atoms with Crippen LogP contribution in [-0.4, -0.2) is 22.5 Å². The van der Waals surface area contributed by atoms with E-state index in [1.54, 1.807) is 24.3 Å². The van der Waals surface area contributed by atoms with Crippen molar-refractivity contribution in [2.75, 3.05) is 17.7 Å². The molecule has 7 heteroatoms. The Bertz CT molecular complexity index is 662. The summed E-state index contributed by atoms with van der Waals surface area (Å²) in [5.74, 6) is 0.0989. The van der Waals surface area contributed by atoms with Gasteiger partial charge in [-0.15, -0.1) is 11.3 Å². The summed E-state index contributed by atoms with van der Waals surface area (Å²) in [4.78, 5) is 21.9. The van der Waals surface area contributed by atoms with Gasteiger partial charge in [-0.25, -0.2) is 14.8 Å². The maximum absolute atomic E-state index is 11.8. The standard InChI is InChI=1S/C14H16N4O2S/c1-2-20-13(19)8-6-12(16-7-9(8)15)18-14-17-10-4-3-5-11(10)21-14/h6-7H,2-5,15H2,1H3,(H,16,17,18). The van der Waals surface area contributed by atoms with Crippen LogP contribution in [0.5, 0.6) is 0 Å². The van der Waals surface area contributed by atoms with Crippen LogP contribution in [-0.2, 0) is 17.6 Å². The zero-order chi connectivity index (χ0) is 14.8. The van der Waals surface area contributed by atoms with E-state index >= 15 is 0 Å². The number of hydrogen-bond acceptors (Lipinski definition) is 7. The number of nitrogens with zero attached hydrogens (tertiary/aromatic N) is 2. The molecule has 21 heavy (non-hydrogen) atoms. The Hall–Kier alpha value is -2.15. The van der Waals surface area contributed by atoms with E-state index in [9.17, 15) is 4.79 Å². The zero-order valence-corrected chi connectivity index (χ0v) is 12.5. The Morgan fingerprint density at radius 3 is 3.14 bits per heavy atom. The molecule has 0 aromatic carbocycles. The molecular formula is C14H16N4O2S. The van der Waals surface area contributed by atoms with Gasteiger partial charge in [0.25, 0.3) is 0 Å². The van der Waals surface area contributed by atoms with Crippen molar-refractivity contribution in [3.05, 3.63) is 28.4 Å². The summed E-state index contributed by atoms with van der Waals surface area (Å²) in [5.41, 5.74) is 7.56. The minimum absolute atomic E-state index is 0.306. The highest BCUT2D eigenvalue weighted by Gasteiger charge is 2.18. The van der Waals surface area contributed by atoms with Gasteiger partial charge < -0.3 is 15.8 Å². The highest BCUT2D eigenvalue weighted by molar-refractivity contribution is 7.15. The van der Waals surface area contributed by atoms with E-state index in [0.29, 0.717) is 23.7 Å². The van der Waals surface area contributed by atoms with Crippen molar-refractivity contribution in [2.24, 2.45) is 0 Å². The van der Waals surface area contributed by atoms with Gasteiger partial charge in [0.15, 0.2) is 5.13 Å². The fourth-order valence-corrected chi connectivity index (χ4v) is 3.33. The quantitative estimate of drug-likeness (QED) is 0.844. The number of carbonyl (C=O) groups is 1. The number of ether oxygens (including phenoxy) is 1. The van der Waals surface area contributed by atoms with Crippen LogP contribution < -0.4 is 11.1 Å². The van der Waals surface area contributed by atoms with E-state index < -0.39 is 5.97 Å². The van der Waals surface area contributed by atoms with E-state index in [0.717, 1.165) is 18.0 Å². The van der Waals surface area contributed by atoms with Gasteiger partial charge >= 0.3 is 5.97 Å². The molecule has 0 spiro atoms. The third-order valence-electron chi connectivity index (χ3n) is 3.26. The Labute approximate surface area is 126 Å². The number of nitrogen functional groups attached to an aromatic ring is 1. The molecule has 110 valence electrons. The number of rotatable bonds is 4. The fourth-order valence-electron chi connectivity index (χ4n) is 2.27. The molecule has 0 atom stereocenters. The van der Waals surface area contributed by atoms with Crippen LogP contribution in [0, 0.1) is 0 Å². The minimum atomic E-state index is -0.443. The number of esters is 1. The third-order valence-corrected chi connectivity index (χ3v) is 4.33. The van der Waals surface area contributed by atoms with Crippen LogP contribution in [0.15, 0.2) is 12.3 Å². The predicted molar refractivity (Wildman–Crippen MR) is 82.0 cm³/mol. The largest absolute Gasteiger partial charge is 0.462 e. The molecule has 1 aliphatic carbocycles. The van der Waals surface area contributed by atoms with Gasteiger partial charge in [-0.1, -0.05) is 0 Å². The van der Waals surface area contributed by atoms with Crippen molar-refractivity contribution in [3.8, 4) is 0 Å². The lowest BCUT2D eigenvalue weighted by molar-refractivity contribution is 0.0527. The topological polar surface area (TPSA) is 90.1 Å². The van der Waals surface area contributed by atoms with Gasteiger partial charge in [-0.05, 0) is 32.3 Å². The predicted octanol–water partition coefficient (Wildman–Crippen LogP) is 2.53. The molecule has 0 aliphatic heterocycles. The Morgan fingerprint density at radius 1 is 1.52 bits per heavy atom. The van der Waals surface area contributed by atoms with E-state index in [2.05, 4.69) is 15.3 Å². The second-order valence-corrected chi connectivity index (χ2v) is 5.83. The lowest BCUT2D eigenvalue weighted by Crippen LogP contribution is -2.09. The first-order chi connectivity index (χ1) is 10.2. The molecule has 6 nitrogen and oxygen atoms in total. The van der Waals surface area contributed by atoms with Crippen molar-refractivity contribution in [1.82, 2.24) is 9.97 Å². The van der Waals surface area contributed by atoms with Crippen LogP contribution in [0.4, 0.5) is 16.6 Å². The molecular weight excluding hydrogens is 288 g/mol. The maximum Gasteiger partial charge on any atom is 0.340 e. The summed E-state index contributed by atoms with van der Waals surface area (Å²) in [6, 6.07) is 1.60. The number of aryl methyl sites for hydroxylation is 2. The normalized spacial score (nSPS) is 13.0. The second-order valence-electron chi connectivity index (χ2n) is 4.74. The third kappa shape index (κ3) is 2.82. The number of nitrogens with two attached hydrogens (primary N) is 1. The molecule has 0 unspecified atom stereocenters. The molecule has 0 amide bonds. The minimum Gasteiger partial charge on any atom is -0.462 e. The van der Waals surface area contributed by atoms with Gasteiger partial charge in [-0.2, -0.15) is 0 Å². The Kier molecular flexibility index (Phi) is 3.74. The van der Waals surface area contributed by atoms with Gasteiger partial charge in [0.05, 0.1) is 29.7 Å². The fraction of sp³-hybridized carbons (Fsp3) is 0.357.